The predicted octanol–water partition coefficient (Wildman–Crippen LogP) is 4.65. The molecule has 2 aromatic rings. The van der Waals surface area contributed by atoms with Gasteiger partial charge in [0, 0.05) is 39.3 Å². The van der Waals surface area contributed by atoms with E-state index >= 15 is 0 Å². The van der Waals surface area contributed by atoms with Crippen LogP contribution in [0, 0.1) is 0 Å². The van der Waals surface area contributed by atoms with E-state index in [9.17, 15) is 5.11 Å². The van der Waals surface area contributed by atoms with Gasteiger partial charge in [-0.3, -0.25) is 9.89 Å². The van der Waals surface area contributed by atoms with E-state index in [4.69, 9.17) is 0 Å². The van der Waals surface area contributed by atoms with Crippen LogP contribution in [-0.4, -0.2) is 48.2 Å². The number of likely N-dealkylation sites (tertiary alicyclic amines) is 1. The van der Waals surface area contributed by atoms with Crippen molar-refractivity contribution < 1.29 is 5.11 Å². The lowest BCUT2D eigenvalue weighted by Crippen LogP contribution is -2.44. The summed E-state index contributed by atoms with van der Waals surface area (Å²) >= 11 is 0. The summed E-state index contributed by atoms with van der Waals surface area (Å²) < 4.78 is 0. The number of piperidine rings is 1. The Kier molecular flexibility index (Phi) is 10.5. The molecule has 1 heterocycles. The third-order valence-corrected chi connectivity index (χ3v) is 7.01. The molecule has 2 aliphatic rings. The molecule has 0 aromatic heterocycles. The van der Waals surface area contributed by atoms with Gasteiger partial charge >= 0.3 is 0 Å². The van der Waals surface area contributed by atoms with Gasteiger partial charge in [-0.05, 0) is 61.1 Å². The molecule has 0 bridgehead atoms. The van der Waals surface area contributed by atoms with Crippen LogP contribution in [0.1, 0.15) is 61.1 Å². The third-order valence-electron chi connectivity index (χ3n) is 7.01. The number of nitrogens with one attached hydrogen (secondary N) is 2. The van der Waals surface area contributed by atoms with Gasteiger partial charge < -0.3 is 15.7 Å². The van der Waals surface area contributed by atoms with Gasteiger partial charge in [-0.2, -0.15) is 0 Å². The van der Waals surface area contributed by atoms with Crippen molar-refractivity contribution in [2.45, 2.75) is 69.7 Å². The van der Waals surface area contributed by atoms with Crippen molar-refractivity contribution in [3.8, 4) is 0 Å². The highest BCUT2D eigenvalue weighted by Crippen LogP contribution is 2.32. The molecule has 2 aromatic carbocycles. The Balaban J connectivity index is 0.00000306. The monoisotopic (exact) mass is 562 g/mol. The van der Waals surface area contributed by atoms with Gasteiger partial charge in [0.15, 0.2) is 5.96 Å². The molecule has 5 nitrogen and oxygen atoms in total. The first kappa shape index (κ1) is 26.0. The lowest BCUT2D eigenvalue weighted by molar-refractivity contribution is 0.0792. The van der Waals surface area contributed by atoms with E-state index in [0.29, 0.717) is 12.0 Å². The van der Waals surface area contributed by atoms with E-state index in [1.165, 1.54) is 42.4 Å². The zero-order chi connectivity index (χ0) is 22.2. The molecular formula is C27H39IN4O. The SMILES string of the molecule is CN=C(NCc1ccc(CN2CCC(O)CC2)cc1)NC1CCC(c2ccccc2)CC1.I. The Hall–Kier alpha value is -1.64. The summed E-state index contributed by atoms with van der Waals surface area (Å²) in [7, 11) is 1.85. The summed E-state index contributed by atoms with van der Waals surface area (Å²) in [5.41, 5.74) is 4.08. The number of hydrogen-bond donors (Lipinski definition) is 3. The van der Waals surface area contributed by atoms with E-state index in [1.54, 1.807) is 0 Å². The second-order valence-electron chi connectivity index (χ2n) is 9.35. The molecule has 3 N–H and O–H groups in total. The molecule has 33 heavy (non-hydrogen) atoms. The first-order chi connectivity index (χ1) is 15.7. The number of rotatable bonds is 6. The normalized spacial score (nSPS) is 22.4. The number of aliphatic hydroxyl groups excluding tert-OH is 1. The molecule has 1 aliphatic carbocycles. The maximum Gasteiger partial charge on any atom is 0.191 e. The quantitative estimate of drug-likeness (QED) is 0.273. The second kappa shape index (κ2) is 13.3. The molecule has 0 spiro atoms. The summed E-state index contributed by atoms with van der Waals surface area (Å²) in [6, 6.07) is 20.3. The zero-order valence-electron chi connectivity index (χ0n) is 19.7. The Labute approximate surface area is 216 Å². The van der Waals surface area contributed by atoms with Crippen LogP contribution in [0.3, 0.4) is 0 Å². The first-order valence-corrected chi connectivity index (χ1v) is 12.2. The number of nitrogens with zero attached hydrogens (tertiary/aromatic N) is 2. The van der Waals surface area contributed by atoms with Gasteiger partial charge in [0.25, 0.3) is 0 Å². The van der Waals surface area contributed by atoms with Crippen LogP contribution in [0.15, 0.2) is 59.6 Å². The maximum absolute atomic E-state index is 9.67. The van der Waals surface area contributed by atoms with Gasteiger partial charge in [-0.15, -0.1) is 24.0 Å². The highest BCUT2D eigenvalue weighted by atomic mass is 127. The van der Waals surface area contributed by atoms with Gasteiger partial charge in [-0.25, -0.2) is 0 Å². The van der Waals surface area contributed by atoms with Crippen molar-refractivity contribution in [2.75, 3.05) is 20.1 Å². The molecule has 4 rings (SSSR count). The number of halogens is 1. The topological polar surface area (TPSA) is 59.9 Å². The van der Waals surface area contributed by atoms with Crippen molar-refractivity contribution in [1.82, 2.24) is 15.5 Å². The minimum Gasteiger partial charge on any atom is -0.393 e. The highest BCUT2D eigenvalue weighted by Gasteiger charge is 2.23. The van der Waals surface area contributed by atoms with Crippen molar-refractivity contribution in [1.29, 1.82) is 0 Å². The van der Waals surface area contributed by atoms with E-state index in [-0.39, 0.29) is 30.1 Å². The molecule has 0 unspecified atom stereocenters. The maximum atomic E-state index is 9.67. The van der Waals surface area contributed by atoms with Crippen LogP contribution >= 0.6 is 24.0 Å². The van der Waals surface area contributed by atoms with E-state index in [1.807, 2.05) is 7.05 Å². The Morgan fingerprint density at radius 3 is 2.18 bits per heavy atom. The van der Waals surface area contributed by atoms with Crippen LogP contribution in [0.5, 0.6) is 0 Å². The van der Waals surface area contributed by atoms with Crippen molar-refractivity contribution >= 4 is 29.9 Å². The fraction of sp³-hybridized carbons (Fsp3) is 0.519. The Morgan fingerprint density at radius 1 is 0.909 bits per heavy atom. The molecule has 180 valence electrons. The van der Waals surface area contributed by atoms with E-state index in [2.05, 4.69) is 75.1 Å². The largest absolute Gasteiger partial charge is 0.393 e. The van der Waals surface area contributed by atoms with Crippen molar-refractivity contribution in [3.63, 3.8) is 0 Å². The molecule has 1 saturated carbocycles. The number of benzene rings is 2. The highest BCUT2D eigenvalue weighted by molar-refractivity contribution is 14.0. The summed E-state index contributed by atoms with van der Waals surface area (Å²) in [4.78, 5) is 6.87. The summed E-state index contributed by atoms with van der Waals surface area (Å²) in [5.74, 6) is 1.59. The van der Waals surface area contributed by atoms with Gasteiger partial charge in [-0.1, -0.05) is 54.6 Å². The van der Waals surface area contributed by atoms with E-state index in [0.717, 1.165) is 45.0 Å². The van der Waals surface area contributed by atoms with Crippen molar-refractivity contribution in [3.05, 3.63) is 71.3 Å². The molecule has 0 amide bonds. The van der Waals surface area contributed by atoms with Gasteiger partial charge in [0.05, 0.1) is 6.10 Å². The minimum absolute atomic E-state index is 0. The standard InChI is InChI=1S/C27H38N4O.HI/c1-28-27(30-25-13-11-24(12-14-25)23-5-3-2-4-6-23)29-19-21-7-9-22(10-8-21)20-31-17-15-26(32)16-18-31;/h2-10,24-26,32H,11-20H2,1H3,(H2,28,29,30);1H. The predicted molar refractivity (Wildman–Crippen MR) is 147 cm³/mol. The van der Waals surface area contributed by atoms with E-state index < -0.39 is 0 Å². The van der Waals surface area contributed by atoms with Gasteiger partial charge in [0.2, 0.25) is 0 Å². The summed E-state index contributed by atoms with van der Waals surface area (Å²) in [6.07, 6.45) is 6.50. The second-order valence-corrected chi connectivity index (χ2v) is 9.35. The third kappa shape index (κ3) is 7.97. The van der Waals surface area contributed by atoms with Gasteiger partial charge in [0.1, 0.15) is 0 Å². The number of aliphatic hydroxyl groups is 1. The van der Waals surface area contributed by atoms with Crippen LogP contribution in [-0.2, 0) is 13.1 Å². The molecule has 2 fully saturated rings. The fourth-order valence-electron chi connectivity index (χ4n) is 4.97. The molecular weight excluding hydrogens is 523 g/mol. The smallest absolute Gasteiger partial charge is 0.191 e. The average molecular weight is 563 g/mol. The fourth-order valence-corrected chi connectivity index (χ4v) is 4.97. The molecule has 0 radical (unpaired) electrons. The van der Waals surface area contributed by atoms with Crippen LogP contribution < -0.4 is 10.6 Å². The van der Waals surface area contributed by atoms with Crippen LogP contribution in [0.4, 0.5) is 0 Å². The first-order valence-electron chi connectivity index (χ1n) is 12.2. The Morgan fingerprint density at radius 2 is 1.55 bits per heavy atom. The zero-order valence-corrected chi connectivity index (χ0v) is 22.1. The molecule has 0 atom stereocenters. The number of guanidine groups is 1. The lowest BCUT2D eigenvalue weighted by Gasteiger charge is -2.30. The number of hydrogen-bond acceptors (Lipinski definition) is 3. The molecule has 6 heteroatoms. The van der Waals surface area contributed by atoms with Crippen molar-refractivity contribution in [2.24, 2.45) is 4.99 Å². The summed E-state index contributed by atoms with van der Waals surface area (Å²) in [5, 5.41) is 16.8. The minimum atomic E-state index is -0.110. The van der Waals surface area contributed by atoms with Crippen LogP contribution in [0.2, 0.25) is 0 Å². The van der Waals surface area contributed by atoms with Crippen LogP contribution in [0.25, 0.3) is 0 Å². The number of aliphatic imine (C=N–C) groups is 1. The molecule has 1 saturated heterocycles. The average Bonchev–Trinajstić information content (AvgIpc) is 2.85. The molecule has 1 aliphatic heterocycles. The summed E-state index contributed by atoms with van der Waals surface area (Å²) in [6.45, 7) is 3.71. The Bertz CT molecular complexity index is 842. The lowest BCUT2D eigenvalue weighted by atomic mass is 9.82.